The summed E-state index contributed by atoms with van der Waals surface area (Å²) < 4.78 is 4.90. The molecule has 0 aliphatic heterocycles. The summed E-state index contributed by atoms with van der Waals surface area (Å²) in [4.78, 5) is 11.6. The van der Waals surface area contributed by atoms with Gasteiger partial charge in [-0.15, -0.1) is 0 Å². The molecule has 1 aromatic rings. The van der Waals surface area contributed by atoms with Gasteiger partial charge in [-0.3, -0.25) is 4.79 Å². The molecular formula is C21H30O2. The number of carbonyl (C=O) groups excluding carboxylic acids is 1. The Morgan fingerprint density at radius 3 is 2.39 bits per heavy atom. The standard InChI is InChI=1S/C21H30O2/c1-23-20(22)16-21(13-5-14-21)15-12-17-8-10-19(11-9-17)18-6-3-2-4-7-18/h2-4,6-7,17,19H,5,8-16H2,1H3. The predicted octanol–water partition coefficient (Wildman–Crippen LogP) is 5.47. The van der Waals surface area contributed by atoms with Gasteiger partial charge in [-0.1, -0.05) is 36.8 Å². The molecule has 0 unspecified atom stereocenters. The summed E-state index contributed by atoms with van der Waals surface area (Å²) in [5.74, 6) is 1.61. The van der Waals surface area contributed by atoms with Crippen LogP contribution in [0, 0.1) is 11.3 Å². The quantitative estimate of drug-likeness (QED) is 0.650. The van der Waals surface area contributed by atoms with Crippen LogP contribution in [0.5, 0.6) is 0 Å². The highest BCUT2D eigenvalue weighted by molar-refractivity contribution is 5.70. The van der Waals surface area contributed by atoms with E-state index in [2.05, 4.69) is 30.3 Å². The molecule has 2 aliphatic carbocycles. The second-order valence-electron chi connectivity index (χ2n) is 7.77. The summed E-state index contributed by atoms with van der Waals surface area (Å²) in [6.07, 6.45) is 12.3. The van der Waals surface area contributed by atoms with Gasteiger partial charge in [-0.05, 0) is 74.2 Å². The van der Waals surface area contributed by atoms with E-state index in [4.69, 9.17) is 4.74 Å². The number of benzene rings is 1. The van der Waals surface area contributed by atoms with Crippen LogP contribution in [0.1, 0.15) is 75.7 Å². The Bertz CT molecular complexity index is 496. The van der Waals surface area contributed by atoms with Gasteiger partial charge in [0.1, 0.15) is 0 Å². The molecular weight excluding hydrogens is 284 g/mol. The average Bonchev–Trinajstić information content (AvgIpc) is 2.58. The molecule has 0 spiro atoms. The number of esters is 1. The fourth-order valence-corrected chi connectivity index (χ4v) is 4.59. The lowest BCUT2D eigenvalue weighted by atomic mass is 9.62. The first-order valence-corrected chi connectivity index (χ1v) is 9.32. The maximum atomic E-state index is 11.6. The molecule has 0 heterocycles. The van der Waals surface area contributed by atoms with Gasteiger partial charge in [0, 0.05) is 0 Å². The molecule has 2 nitrogen and oxygen atoms in total. The summed E-state index contributed by atoms with van der Waals surface area (Å²) in [6.45, 7) is 0. The number of carbonyl (C=O) groups is 1. The first kappa shape index (κ1) is 16.5. The first-order valence-electron chi connectivity index (χ1n) is 9.32. The number of methoxy groups -OCH3 is 1. The van der Waals surface area contributed by atoms with Crippen molar-refractivity contribution in [3.8, 4) is 0 Å². The number of ether oxygens (including phenoxy) is 1. The van der Waals surface area contributed by atoms with Crippen molar-refractivity contribution in [2.45, 2.75) is 70.1 Å². The molecule has 2 fully saturated rings. The molecule has 2 aliphatic rings. The topological polar surface area (TPSA) is 26.3 Å². The monoisotopic (exact) mass is 314 g/mol. The Morgan fingerprint density at radius 1 is 1.13 bits per heavy atom. The molecule has 0 radical (unpaired) electrons. The minimum Gasteiger partial charge on any atom is -0.469 e. The van der Waals surface area contributed by atoms with Crippen molar-refractivity contribution in [3.63, 3.8) is 0 Å². The molecule has 0 amide bonds. The highest BCUT2D eigenvalue weighted by Crippen LogP contribution is 2.49. The normalized spacial score (nSPS) is 26.3. The summed E-state index contributed by atoms with van der Waals surface area (Å²) in [7, 11) is 1.51. The summed E-state index contributed by atoms with van der Waals surface area (Å²) in [6, 6.07) is 11.0. The van der Waals surface area contributed by atoms with E-state index in [1.54, 1.807) is 0 Å². The number of hydrogen-bond acceptors (Lipinski definition) is 2. The van der Waals surface area contributed by atoms with Gasteiger partial charge < -0.3 is 4.74 Å². The van der Waals surface area contributed by atoms with Gasteiger partial charge in [0.2, 0.25) is 0 Å². The van der Waals surface area contributed by atoms with Crippen molar-refractivity contribution in [2.75, 3.05) is 7.11 Å². The Hall–Kier alpha value is -1.31. The zero-order valence-corrected chi connectivity index (χ0v) is 14.4. The van der Waals surface area contributed by atoms with Crippen LogP contribution >= 0.6 is 0 Å². The highest BCUT2D eigenvalue weighted by atomic mass is 16.5. The molecule has 2 saturated carbocycles. The van der Waals surface area contributed by atoms with Crippen LogP contribution < -0.4 is 0 Å². The zero-order chi connectivity index (χ0) is 16.1. The van der Waals surface area contributed by atoms with E-state index >= 15 is 0 Å². The van der Waals surface area contributed by atoms with Crippen molar-refractivity contribution in [1.82, 2.24) is 0 Å². The van der Waals surface area contributed by atoms with E-state index in [1.807, 2.05) is 0 Å². The van der Waals surface area contributed by atoms with Crippen molar-refractivity contribution in [3.05, 3.63) is 35.9 Å². The molecule has 3 rings (SSSR count). The third-order valence-electron chi connectivity index (χ3n) is 6.36. The van der Waals surface area contributed by atoms with Gasteiger partial charge >= 0.3 is 5.97 Å². The maximum Gasteiger partial charge on any atom is 0.306 e. The van der Waals surface area contributed by atoms with Gasteiger partial charge in [0.05, 0.1) is 13.5 Å². The minimum absolute atomic E-state index is 0.0162. The lowest BCUT2D eigenvalue weighted by Gasteiger charge is -2.42. The van der Waals surface area contributed by atoms with Crippen molar-refractivity contribution >= 4 is 5.97 Å². The summed E-state index contributed by atoms with van der Waals surface area (Å²) >= 11 is 0. The van der Waals surface area contributed by atoms with Crippen LogP contribution in [0.2, 0.25) is 0 Å². The van der Waals surface area contributed by atoms with Gasteiger partial charge in [0.15, 0.2) is 0 Å². The van der Waals surface area contributed by atoms with Gasteiger partial charge in [0.25, 0.3) is 0 Å². The van der Waals surface area contributed by atoms with E-state index in [1.165, 1.54) is 70.5 Å². The Labute approximate surface area is 140 Å². The maximum absolute atomic E-state index is 11.6. The lowest BCUT2D eigenvalue weighted by molar-refractivity contribution is -0.145. The van der Waals surface area contributed by atoms with Crippen molar-refractivity contribution in [1.29, 1.82) is 0 Å². The largest absolute Gasteiger partial charge is 0.469 e. The first-order chi connectivity index (χ1) is 11.2. The van der Waals surface area contributed by atoms with E-state index in [-0.39, 0.29) is 11.4 Å². The summed E-state index contributed by atoms with van der Waals surface area (Å²) in [5, 5.41) is 0. The molecule has 0 atom stereocenters. The third kappa shape index (κ3) is 4.16. The van der Waals surface area contributed by atoms with E-state index < -0.39 is 0 Å². The van der Waals surface area contributed by atoms with Crippen LogP contribution in [0.4, 0.5) is 0 Å². The van der Waals surface area contributed by atoms with E-state index in [0.717, 1.165) is 11.8 Å². The minimum atomic E-state index is -0.0162. The van der Waals surface area contributed by atoms with Gasteiger partial charge in [-0.25, -0.2) is 0 Å². The molecule has 2 heteroatoms. The molecule has 23 heavy (non-hydrogen) atoms. The Kier molecular flexibility index (Phi) is 5.40. The molecule has 0 aromatic heterocycles. The third-order valence-corrected chi connectivity index (χ3v) is 6.36. The highest BCUT2D eigenvalue weighted by Gasteiger charge is 2.39. The van der Waals surface area contributed by atoms with Gasteiger partial charge in [-0.2, -0.15) is 0 Å². The van der Waals surface area contributed by atoms with Crippen LogP contribution in [0.25, 0.3) is 0 Å². The number of rotatable bonds is 6. The molecule has 0 N–H and O–H groups in total. The van der Waals surface area contributed by atoms with Crippen LogP contribution in [-0.4, -0.2) is 13.1 Å². The van der Waals surface area contributed by atoms with E-state index in [9.17, 15) is 4.79 Å². The molecule has 1 aromatic carbocycles. The molecule has 126 valence electrons. The molecule has 0 saturated heterocycles. The summed E-state index contributed by atoms with van der Waals surface area (Å²) in [5.41, 5.74) is 1.80. The molecule has 0 bridgehead atoms. The fraction of sp³-hybridized carbons (Fsp3) is 0.667. The second kappa shape index (κ2) is 7.51. The van der Waals surface area contributed by atoms with Crippen LogP contribution in [0.15, 0.2) is 30.3 Å². The SMILES string of the molecule is COC(=O)CC1(CCC2CCC(c3ccccc3)CC2)CCC1. The van der Waals surface area contributed by atoms with Crippen molar-refractivity contribution < 1.29 is 9.53 Å². The van der Waals surface area contributed by atoms with E-state index in [0.29, 0.717) is 6.42 Å². The Balaban J connectivity index is 1.45. The zero-order valence-electron chi connectivity index (χ0n) is 14.4. The smallest absolute Gasteiger partial charge is 0.306 e. The lowest BCUT2D eigenvalue weighted by Crippen LogP contribution is -2.33. The second-order valence-corrected chi connectivity index (χ2v) is 7.77. The van der Waals surface area contributed by atoms with Crippen LogP contribution in [-0.2, 0) is 9.53 Å². The predicted molar refractivity (Wildman–Crippen MR) is 93.3 cm³/mol. The fourth-order valence-electron chi connectivity index (χ4n) is 4.59. The Morgan fingerprint density at radius 2 is 1.83 bits per heavy atom. The van der Waals surface area contributed by atoms with Crippen molar-refractivity contribution in [2.24, 2.45) is 11.3 Å². The van der Waals surface area contributed by atoms with Crippen LogP contribution in [0.3, 0.4) is 0 Å². The average molecular weight is 314 g/mol. The number of hydrogen-bond donors (Lipinski definition) is 0.